The maximum absolute atomic E-state index is 14.2. The number of para-hydroxylation sites is 1. The molecule has 1 aliphatic rings. The molecule has 1 unspecified atom stereocenters. The van der Waals surface area contributed by atoms with Crippen molar-refractivity contribution in [2.24, 2.45) is 0 Å². The third-order valence-electron chi connectivity index (χ3n) is 7.46. The molecule has 7 nitrogen and oxygen atoms in total. The van der Waals surface area contributed by atoms with Crippen LogP contribution in [-0.4, -0.2) is 50.0 Å². The maximum atomic E-state index is 14.2. The average Bonchev–Trinajstić information content (AvgIpc) is 2.94. The zero-order valence-corrected chi connectivity index (χ0v) is 25.2. The topological polar surface area (TPSA) is 86.8 Å². The fraction of sp³-hybridized carbons (Fsp3) is 0.375. The molecule has 2 amide bonds. The van der Waals surface area contributed by atoms with E-state index in [0.29, 0.717) is 6.42 Å². The first-order valence-corrected chi connectivity index (χ1v) is 16.3. The molecule has 0 bridgehead atoms. The molecule has 1 aliphatic carbocycles. The van der Waals surface area contributed by atoms with Crippen LogP contribution in [0.2, 0.25) is 5.02 Å². The number of aryl methyl sites for hydroxylation is 1. The van der Waals surface area contributed by atoms with Crippen molar-refractivity contribution >= 4 is 39.1 Å². The molecule has 1 saturated carbocycles. The molecule has 3 aromatic carbocycles. The van der Waals surface area contributed by atoms with E-state index in [0.717, 1.165) is 59.4 Å². The Balaban J connectivity index is 1.73. The lowest BCUT2D eigenvalue weighted by molar-refractivity contribution is -0.140. The molecule has 0 radical (unpaired) electrons. The summed E-state index contributed by atoms with van der Waals surface area (Å²) in [6.07, 6.45) is 6.42. The molecule has 0 saturated heterocycles. The second-order valence-electron chi connectivity index (χ2n) is 10.8. The van der Waals surface area contributed by atoms with Crippen molar-refractivity contribution in [3.8, 4) is 0 Å². The van der Waals surface area contributed by atoms with E-state index in [2.05, 4.69) is 5.32 Å². The Morgan fingerprint density at radius 3 is 2.24 bits per heavy atom. The van der Waals surface area contributed by atoms with E-state index in [1.54, 1.807) is 24.3 Å². The van der Waals surface area contributed by atoms with E-state index >= 15 is 0 Å². The van der Waals surface area contributed by atoms with Gasteiger partial charge in [0.05, 0.1) is 17.0 Å². The molecule has 9 heteroatoms. The van der Waals surface area contributed by atoms with Crippen LogP contribution in [0.15, 0.2) is 78.9 Å². The van der Waals surface area contributed by atoms with Gasteiger partial charge in [-0.3, -0.25) is 13.9 Å². The molecule has 4 rings (SSSR count). The fourth-order valence-corrected chi connectivity index (χ4v) is 6.50. The van der Waals surface area contributed by atoms with Gasteiger partial charge in [-0.25, -0.2) is 8.42 Å². The summed E-state index contributed by atoms with van der Waals surface area (Å²) in [4.78, 5) is 29.7. The molecule has 218 valence electrons. The Morgan fingerprint density at radius 2 is 1.59 bits per heavy atom. The van der Waals surface area contributed by atoms with Gasteiger partial charge in [0.25, 0.3) is 0 Å². The molecule has 1 atom stereocenters. The summed E-state index contributed by atoms with van der Waals surface area (Å²) in [6, 6.07) is 23.1. The Bertz CT molecular complexity index is 1440. The fourth-order valence-electron chi connectivity index (χ4n) is 5.35. The van der Waals surface area contributed by atoms with Gasteiger partial charge >= 0.3 is 0 Å². The van der Waals surface area contributed by atoms with Crippen molar-refractivity contribution in [3.63, 3.8) is 0 Å². The van der Waals surface area contributed by atoms with Gasteiger partial charge in [-0.2, -0.15) is 0 Å². The van der Waals surface area contributed by atoms with Crippen molar-refractivity contribution in [2.45, 2.75) is 64.1 Å². The number of nitrogens with zero attached hydrogens (tertiary/aromatic N) is 2. The summed E-state index contributed by atoms with van der Waals surface area (Å²) in [7, 11) is -3.88. The van der Waals surface area contributed by atoms with Crippen molar-refractivity contribution in [3.05, 3.63) is 101 Å². The van der Waals surface area contributed by atoms with E-state index in [1.165, 1.54) is 4.90 Å². The Labute approximate surface area is 248 Å². The van der Waals surface area contributed by atoms with Gasteiger partial charge in [-0.1, -0.05) is 103 Å². The zero-order chi connectivity index (χ0) is 29.4. The lowest BCUT2D eigenvalue weighted by atomic mass is 9.94. The second kappa shape index (κ2) is 14.0. The third-order valence-corrected chi connectivity index (χ3v) is 8.90. The van der Waals surface area contributed by atoms with Crippen molar-refractivity contribution in [1.29, 1.82) is 0 Å². The monoisotopic (exact) mass is 595 g/mol. The van der Waals surface area contributed by atoms with Gasteiger partial charge in [-0.15, -0.1) is 0 Å². The number of sulfonamides is 1. The number of hydrogen-bond donors (Lipinski definition) is 1. The summed E-state index contributed by atoms with van der Waals surface area (Å²) < 4.78 is 26.9. The number of anilines is 1. The third kappa shape index (κ3) is 8.57. The smallest absolute Gasteiger partial charge is 0.244 e. The molecule has 0 spiro atoms. The predicted molar refractivity (Wildman–Crippen MR) is 164 cm³/mol. The van der Waals surface area contributed by atoms with Gasteiger partial charge in [0, 0.05) is 19.0 Å². The standard InChI is InChI=1S/C32H38ClN3O4S/c1-24-12-11-15-26(20-24)22-35(31(37)23-36(41(2,39)40)29-19-10-9-18-28(29)33)30(21-25-13-5-3-6-14-25)32(38)34-27-16-7-4-8-17-27/h3,5-6,9-15,18-20,27,30H,4,7-8,16-17,21-23H2,1-2H3,(H,34,38). The molecular formula is C32H38ClN3O4S. The van der Waals surface area contributed by atoms with Crippen molar-refractivity contribution in [1.82, 2.24) is 10.2 Å². The van der Waals surface area contributed by atoms with E-state index in [-0.39, 0.29) is 29.2 Å². The van der Waals surface area contributed by atoms with Crippen LogP contribution in [0, 0.1) is 6.92 Å². The molecule has 41 heavy (non-hydrogen) atoms. The highest BCUT2D eigenvalue weighted by Gasteiger charge is 2.34. The van der Waals surface area contributed by atoms with Gasteiger partial charge in [0.2, 0.25) is 21.8 Å². The SMILES string of the molecule is Cc1cccc(CN(C(=O)CN(c2ccccc2Cl)S(C)(=O)=O)C(Cc2ccccc2)C(=O)NC2CCCCC2)c1. The Morgan fingerprint density at radius 1 is 0.927 bits per heavy atom. The summed E-state index contributed by atoms with van der Waals surface area (Å²) >= 11 is 6.37. The normalized spacial score (nSPS) is 14.7. The molecule has 0 aromatic heterocycles. The number of carbonyl (C=O) groups is 2. The highest BCUT2D eigenvalue weighted by molar-refractivity contribution is 7.92. The largest absolute Gasteiger partial charge is 0.352 e. The Kier molecular flexibility index (Phi) is 10.5. The minimum Gasteiger partial charge on any atom is -0.352 e. The van der Waals surface area contributed by atoms with Crippen LogP contribution in [0.1, 0.15) is 48.8 Å². The molecule has 3 aromatic rings. The first-order chi connectivity index (χ1) is 19.6. The molecule has 1 fully saturated rings. The highest BCUT2D eigenvalue weighted by Crippen LogP contribution is 2.28. The van der Waals surface area contributed by atoms with Crippen LogP contribution in [0.3, 0.4) is 0 Å². The van der Waals surface area contributed by atoms with Gasteiger partial charge in [0.15, 0.2) is 0 Å². The maximum Gasteiger partial charge on any atom is 0.244 e. The minimum absolute atomic E-state index is 0.0566. The molecular weight excluding hydrogens is 558 g/mol. The van der Waals surface area contributed by atoms with Gasteiger partial charge < -0.3 is 10.2 Å². The number of benzene rings is 3. The predicted octanol–water partition coefficient (Wildman–Crippen LogP) is 5.50. The van der Waals surface area contributed by atoms with E-state index in [9.17, 15) is 18.0 Å². The quantitative estimate of drug-likeness (QED) is 0.317. The molecule has 1 N–H and O–H groups in total. The number of halogens is 1. The van der Waals surface area contributed by atoms with E-state index in [1.807, 2.05) is 61.5 Å². The first-order valence-electron chi connectivity index (χ1n) is 14.0. The number of hydrogen-bond acceptors (Lipinski definition) is 4. The lowest BCUT2D eigenvalue weighted by Crippen LogP contribution is -2.55. The molecule has 0 heterocycles. The van der Waals surface area contributed by atoms with Crippen LogP contribution in [0.5, 0.6) is 0 Å². The van der Waals surface area contributed by atoms with Crippen LogP contribution >= 0.6 is 11.6 Å². The summed E-state index contributed by atoms with van der Waals surface area (Å²) in [5.74, 6) is -0.720. The van der Waals surface area contributed by atoms with Crippen LogP contribution in [-0.2, 0) is 32.6 Å². The van der Waals surface area contributed by atoms with E-state index < -0.39 is 28.5 Å². The van der Waals surface area contributed by atoms with Gasteiger partial charge in [0.1, 0.15) is 12.6 Å². The summed E-state index contributed by atoms with van der Waals surface area (Å²) in [6.45, 7) is 1.63. The second-order valence-corrected chi connectivity index (χ2v) is 13.1. The zero-order valence-electron chi connectivity index (χ0n) is 23.6. The molecule has 0 aliphatic heterocycles. The van der Waals surface area contributed by atoms with Crippen LogP contribution < -0.4 is 9.62 Å². The van der Waals surface area contributed by atoms with E-state index in [4.69, 9.17) is 11.6 Å². The van der Waals surface area contributed by atoms with Crippen LogP contribution in [0.25, 0.3) is 0 Å². The summed E-state index contributed by atoms with van der Waals surface area (Å²) in [5, 5.41) is 3.42. The number of nitrogens with one attached hydrogen (secondary N) is 1. The Hall–Kier alpha value is -3.36. The number of rotatable bonds is 11. The van der Waals surface area contributed by atoms with Crippen molar-refractivity contribution < 1.29 is 18.0 Å². The number of carbonyl (C=O) groups excluding carboxylic acids is 2. The number of amides is 2. The lowest BCUT2D eigenvalue weighted by Gasteiger charge is -2.35. The average molecular weight is 596 g/mol. The van der Waals surface area contributed by atoms with Gasteiger partial charge in [-0.05, 0) is 43.0 Å². The van der Waals surface area contributed by atoms with Crippen LogP contribution in [0.4, 0.5) is 5.69 Å². The minimum atomic E-state index is -3.88. The van der Waals surface area contributed by atoms with Crippen molar-refractivity contribution in [2.75, 3.05) is 17.1 Å². The highest BCUT2D eigenvalue weighted by atomic mass is 35.5. The summed E-state index contributed by atoms with van der Waals surface area (Å²) in [5.41, 5.74) is 3.00. The first kappa shape index (κ1) is 30.6.